The second-order valence-corrected chi connectivity index (χ2v) is 4.10. The van der Waals surface area contributed by atoms with Crippen LogP contribution in [-0.4, -0.2) is 19.2 Å². The summed E-state index contributed by atoms with van der Waals surface area (Å²) in [6.45, 7) is 0.130. The minimum absolute atomic E-state index is 0.0954. The van der Waals surface area contributed by atoms with Crippen LogP contribution in [0.2, 0.25) is 0 Å². The van der Waals surface area contributed by atoms with Crippen molar-refractivity contribution >= 4 is 5.69 Å². The molecule has 2 rings (SSSR count). The van der Waals surface area contributed by atoms with E-state index in [1.165, 1.54) is 20.4 Å². The summed E-state index contributed by atoms with van der Waals surface area (Å²) in [5, 5.41) is 2.75. The lowest BCUT2D eigenvalue weighted by Crippen LogP contribution is -2.06. The summed E-state index contributed by atoms with van der Waals surface area (Å²) < 4.78 is 49.4. The molecule has 2 aromatic rings. The van der Waals surface area contributed by atoms with E-state index in [2.05, 4.69) is 10.3 Å². The number of rotatable bonds is 5. The molecule has 0 radical (unpaired) electrons. The van der Waals surface area contributed by atoms with Crippen LogP contribution in [-0.2, 0) is 6.54 Å². The molecule has 1 aromatic carbocycles. The largest absolute Gasteiger partial charge is 0.493 e. The Labute approximate surface area is 119 Å². The average molecular weight is 298 g/mol. The van der Waals surface area contributed by atoms with E-state index in [9.17, 15) is 13.2 Å². The topological polar surface area (TPSA) is 43.4 Å². The van der Waals surface area contributed by atoms with Gasteiger partial charge in [-0.3, -0.25) is 4.98 Å². The lowest BCUT2D eigenvalue weighted by atomic mass is 10.2. The van der Waals surface area contributed by atoms with Gasteiger partial charge in [0.25, 0.3) is 0 Å². The fourth-order valence-corrected chi connectivity index (χ4v) is 1.82. The van der Waals surface area contributed by atoms with Crippen LogP contribution in [0.5, 0.6) is 11.5 Å². The molecule has 0 fully saturated rings. The molecule has 0 aliphatic rings. The fourth-order valence-electron chi connectivity index (χ4n) is 1.82. The van der Waals surface area contributed by atoms with Gasteiger partial charge < -0.3 is 14.8 Å². The maximum Gasteiger partial charge on any atom is 0.194 e. The third-order valence-corrected chi connectivity index (χ3v) is 2.81. The van der Waals surface area contributed by atoms with Gasteiger partial charge in [0.1, 0.15) is 5.69 Å². The number of hydrogen-bond donors (Lipinski definition) is 1. The predicted molar refractivity (Wildman–Crippen MR) is 71.0 cm³/mol. The molecule has 0 aliphatic carbocycles. The Morgan fingerprint density at radius 2 is 1.76 bits per heavy atom. The molecule has 0 spiro atoms. The van der Waals surface area contributed by atoms with Gasteiger partial charge in [-0.2, -0.15) is 0 Å². The molecule has 7 heteroatoms. The van der Waals surface area contributed by atoms with Gasteiger partial charge in [0.05, 0.1) is 20.8 Å². The van der Waals surface area contributed by atoms with E-state index in [4.69, 9.17) is 9.47 Å². The molecule has 0 saturated heterocycles. The van der Waals surface area contributed by atoms with Crippen LogP contribution in [0, 0.1) is 17.5 Å². The molecular weight excluding hydrogens is 285 g/mol. The number of hydrogen-bond acceptors (Lipinski definition) is 4. The van der Waals surface area contributed by atoms with E-state index >= 15 is 0 Å². The number of nitrogens with zero attached hydrogens (tertiary/aromatic N) is 1. The average Bonchev–Trinajstić information content (AvgIpc) is 2.49. The summed E-state index contributed by atoms with van der Waals surface area (Å²) in [6.07, 6.45) is 1.52. The number of ether oxygens (including phenoxy) is 2. The van der Waals surface area contributed by atoms with E-state index in [1.807, 2.05) is 0 Å². The highest BCUT2D eigenvalue weighted by atomic mass is 19.2. The molecule has 112 valence electrons. The highest BCUT2D eigenvalue weighted by molar-refractivity contribution is 5.47. The number of benzene rings is 1. The summed E-state index contributed by atoms with van der Waals surface area (Å²) in [4.78, 5) is 4.11. The third-order valence-electron chi connectivity index (χ3n) is 2.81. The number of nitrogens with one attached hydrogen (secondary N) is 1. The van der Waals surface area contributed by atoms with Crippen LogP contribution in [0.3, 0.4) is 0 Å². The van der Waals surface area contributed by atoms with Crippen molar-refractivity contribution in [2.24, 2.45) is 0 Å². The van der Waals surface area contributed by atoms with Gasteiger partial charge >= 0.3 is 0 Å². The molecule has 0 unspecified atom stereocenters. The Morgan fingerprint density at radius 1 is 1.10 bits per heavy atom. The van der Waals surface area contributed by atoms with E-state index in [0.29, 0.717) is 17.2 Å². The Morgan fingerprint density at radius 3 is 2.33 bits per heavy atom. The molecule has 0 atom stereocenters. The zero-order chi connectivity index (χ0) is 15.4. The van der Waals surface area contributed by atoms with Gasteiger partial charge in [-0.15, -0.1) is 0 Å². The van der Waals surface area contributed by atoms with Gasteiger partial charge in [0.15, 0.2) is 29.0 Å². The molecule has 1 heterocycles. The summed E-state index contributed by atoms with van der Waals surface area (Å²) in [5.74, 6) is -3.12. The quantitative estimate of drug-likeness (QED) is 0.861. The van der Waals surface area contributed by atoms with Crippen molar-refractivity contribution in [1.29, 1.82) is 0 Å². The Hall–Kier alpha value is -2.44. The normalized spacial score (nSPS) is 10.3. The molecule has 0 aliphatic heterocycles. The number of methoxy groups -OCH3 is 2. The Kier molecular flexibility index (Phi) is 4.52. The maximum absolute atomic E-state index is 13.1. The van der Waals surface area contributed by atoms with Gasteiger partial charge in [-0.25, -0.2) is 13.2 Å². The molecule has 1 aromatic heterocycles. The highest BCUT2D eigenvalue weighted by Crippen LogP contribution is 2.29. The van der Waals surface area contributed by atoms with Gasteiger partial charge in [-0.05, 0) is 0 Å². The SMILES string of the molecule is COc1ccnc(CNc2cc(F)c(F)c(F)c2)c1OC. The van der Waals surface area contributed by atoms with E-state index in [0.717, 1.165) is 12.1 Å². The van der Waals surface area contributed by atoms with Crippen molar-refractivity contribution in [3.8, 4) is 11.5 Å². The van der Waals surface area contributed by atoms with Crippen LogP contribution in [0.15, 0.2) is 24.4 Å². The van der Waals surface area contributed by atoms with E-state index < -0.39 is 17.5 Å². The minimum Gasteiger partial charge on any atom is -0.493 e. The molecular formula is C14H13F3N2O2. The standard InChI is InChI=1S/C14H13F3N2O2/c1-20-12-3-4-18-11(14(12)21-2)7-19-8-5-9(15)13(17)10(16)6-8/h3-6,19H,7H2,1-2H3. The first-order chi connectivity index (χ1) is 10.1. The van der Waals surface area contributed by atoms with E-state index in [-0.39, 0.29) is 12.2 Å². The predicted octanol–water partition coefficient (Wildman–Crippen LogP) is 3.13. The summed E-state index contributed by atoms with van der Waals surface area (Å²) in [7, 11) is 2.94. The smallest absolute Gasteiger partial charge is 0.194 e. The van der Waals surface area contributed by atoms with Crippen LogP contribution < -0.4 is 14.8 Å². The van der Waals surface area contributed by atoms with Crippen molar-refractivity contribution in [3.63, 3.8) is 0 Å². The molecule has 21 heavy (non-hydrogen) atoms. The van der Waals surface area contributed by atoms with Gasteiger partial charge in [-0.1, -0.05) is 0 Å². The zero-order valence-electron chi connectivity index (χ0n) is 11.4. The van der Waals surface area contributed by atoms with Crippen molar-refractivity contribution in [2.45, 2.75) is 6.54 Å². The van der Waals surface area contributed by atoms with Crippen molar-refractivity contribution in [2.75, 3.05) is 19.5 Å². The van der Waals surface area contributed by atoms with Crippen molar-refractivity contribution in [1.82, 2.24) is 4.98 Å². The molecule has 4 nitrogen and oxygen atoms in total. The Balaban J connectivity index is 2.20. The molecule has 0 amide bonds. The first-order valence-corrected chi connectivity index (χ1v) is 6.01. The summed E-state index contributed by atoms with van der Waals surface area (Å²) in [6, 6.07) is 3.36. The molecule has 1 N–H and O–H groups in total. The monoisotopic (exact) mass is 298 g/mol. The number of pyridine rings is 1. The van der Waals surface area contributed by atoms with Crippen LogP contribution in [0.4, 0.5) is 18.9 Å². The fraction of sp³-hybridized carbons (Fsp3) is 0.214. The first kappa shape index (κ1) is 15.0. The number of anilines is 1. The lowest BCUT2D eigenvalue weighted by molar-refractivity contribution is 0.350. The van der Waals surface area contributed by atoms with E-state index in [1.54, 1.807) is 6.07 Å². The van der Waals surface area contributed by atoms with Crippen molar-refractivity contribution in [3.05, 3.63) is 47.5 Å². The highest BCUT2D eigenvalue weighted by Gasteiger charge is 2.13. The molecule has 0 saturated carbocycles. The minimum atomic E-state index is -1.50. The summed E-state index contributed by atoms with van der Waals surface area (Å²) >= 11 is 0. The van der Waals surface area contributed by atoms with Gasteiger partial charge in [0.2, 0.25) is 0 Å². The lowest BCUT2D eigenvalue weighted by Gasteiger charge is -2.13. The number of halogens is 3. The van der Waals surface area contributed by atoms with Crippen molar-refractivity contribution < 1.29 is 22.6 Å². The number of aromatic nitrogens is 1. The van der Waals surface area contributed by atoms with Gasteiger partial charge in [0, 0.05) is 30.1 Å². The molecule has 0 bridgehead atoms. The third kappa shape index (κ3) is 3.18. The van der Waals surface area contributed by atoms with Crippen LogP contribution in [0.25, 0.3) is 0 Å². The summed E-state index contributed by atoms with van der Waals surface area (Å²) in [5.41, 5.74) is 0.583. The zero-order valence-corrected chi connectivity index (χ0v) is 11.4. The second kappa shape index (κ2) is 6.34. The van der Waals surface area contributed by atoms with Crippen LogP contribution in [0.1, 0.15) is 5.69 Å². The first-order valence-electron chi connectivity index (χ1n) is 6.01. The maximum atomic E-state index is 13.1. The second-order valence-electron chi connectivity index (χ2n) is 4.10. The Bertz CT molecular complexity index is 627. The van der Waals surface area contributed by atoms with Crippen LogP contribution >= 0.6 is 0 Å².